The number of nitrogens with zero attached hydrogens (tertiary/aromatic N) is 3. The van der Waals surface area contributed by atoms with Crippen LogP contribution >= 0.6 is 24.8 Å². The number of anilines is 1. The Balaban J connectivity index is 0.00000171. The standard InChI is InChI=1S/C22H24FN5O.2ClH/c1-14-6-8-15(9-7-14)20(24)22(29)25-18-13-16(10-11-17(18)23)21-27-26-19-5-3-2-4-12-28(19)21;;/h6-11,13,20H,2-5,12,24H2,1H3,(H,25,29);2*1H. The van der Waals surface area contributed by atoms with Gasteiger partial charge in [0.15, 0.2) is 5.82 Å². The highest BCUT2D eigenvalue weighted by molar-refractivity contribution is 5.96. The number of nitrogens with one attached hydrogen (secondary N) is 1. The van der Waals surface area contributed by atoms with Gasteiger partial charge in [0.25, 0.3) is 0 Å². The summed E-state index contributed by atoms with van der Waals surface area (Å²) in [5, 5.41) is 11.2. The molecule has 0 fully saturated rings. The summed E-state index contributed by atoms with van der Waals surface area (Å²) in [5.74, 6) is 0.660. The quantitative estimate of drug-likeness (QED) is 0.589. The van der Waals surface area contributed by atoms with Gasteiger partial charge in [-0.25, -0.2) is 4.39 Å². The van der Waals surface area contributed by atoms with Crippen molar-refractivity contribution >= 4 is 36.4 Å². The molecule has 0 spiro atoms. The van der Waals surface area contributed by atoms with E-state index in [0.29, 0.717) is 17.0 Å². The number of hydrogen-bond acceptors (Lipinski definition) is 4. The van der Waals surface area contributed by atoms with Gasteiger partial charge in [-0.1, -0.05) is 36.2 Å². The highest BCUT2D eigenvalue weighted by Gasteiger charge is 2.20. The van der Waals surface area contributed by atoms with Crippen LogP contribution < -0.4 is 11.1 Å². The number of fused-ring (bicyclic) bond motifs is 1. The zero-order valence-corrected chi connectivity index (χ0v) is 18.8. The van der Waals surface area contributed by atoms with Crippen LogP contribution in [0.2, 0.25) is 0 Å². The number of carbonyl (C=O) groups excluding carboxylic acids is 1. The molecule has 3 aromatic rings. The Bertz CT molecular complexity index is 1040. The molecule has 6 nitrogen and oxygen atoms in total. The Morgan fingerprint density at radius 1 is 1.10 bits per heavy atom. The average molecular weight is 466 g/mol. The summed E-state index contributed by atoms with van der Waals surface area (Å²) in [5.41, 5.74) is 8.62. The predicted octanol–water partition coefficient (Wildman–Crippen LogP) is 4.60. The fourth-order valence-electron chi connectivity index (χ4n) is 3.59. The molecule has 0 radical (unpaired) electrons. The molecule has 166 valence electrons. The van der Waals surface area contributed by atoms with E-state index >= 15 is 0 Å². The van der Waals surface area contributed by atoms with Gasteiger partial charge >= 0.3 is 0 Å². The zero-order chi connectivity index (χ0) is 20.4. The van der Waals surface area contributed by atoms with Crippen molar-refractivity contribution in [3.8, 4) is 11.4 Å². The lowest BCUT2D eigenvalue weighted by molar-refractivity contribution is -0.117. The Morgan fingerprint density at radius 3 is 2.58 bits per heavy atom. The maximum atomic E-state index is 14.4. The van der Waals surface area contributed by atoms with Gasteiger partial charge in [-0.2, -0.15) is 0 Å². The molecule has 0 saturated carbocycles. The second kappa shape index (κ2) is 10.7. The van der Waals surface area contributed by atoms with Crippen LogP contribution in [0.4, 0.5) is 10.1 Å². The van der Waals surface area contributed by atoms with Crippen LogP contribution in [0.5, 0.6) is 0 Å². The number of benzene rings is 2. The number of nitrogens with two attached hydrogens (primary N) is 1. The van der Waals surface area contributed by atoms with Crippen molar-refractivity contribution in [1.29, 1.82) is 0 Å². The highest BCUT2D eigenvalue weighted by atomic mass is 35.5. The Labute approximate surface area is 193 Å². The van der Waals surface area contributed by atoms with Gasteiger partial charge in [0.1, 0.15) is 17.7 Å². The maximum Gasteiger partial charge on any atom is 0.245 e. The number of aryl methyl sites for hydroxylation is 2. The summed E-state index contributed by atoms with van der Waals surface area (Å²) in [6.45, 7) is 2.80. The van der Waals surface area contributed by atoms with Crippen molar-refractivity contribution in [2.75, 3.05) is 5.32 Å². The first-order valence-corrected chi connectivity index (χ1v) is 9.88. The normalized spacial score (nSPS) is 13.8. The number of rotatable bonds is 4. The summed E-state index contributed by atoms with van der Waals surface area (Å²) in [6.07, 6.45) is 4.21. The first kappa shape index (κ1) is 24.8. The molecule has 0 aliphatic carbocycles. The van der Waals surface area contributed by atoms with Crippen molar-refractivity contribution in [2.24, 2.45) is 5.73 Å². The Morgan fingerprint density at radius 2 is 1.84 bits per heavy atom. The Hall–Kier alpha value is -2.48. The van der Waals surface area contributed by atoms with Crippen LogP contribution in [0.3, 0.4) is 0 Å². The molecule has 2 heterocycles. The van der Waals surface area contributed by atoms with Crippen molar-refractivity contribution in [2.45, 2.75) is 45.2 Å². The van der Waals surface area contributed by atoms with E-state index in [9.17, 15) is 9.18 Å². The topological polar surface area (TPSA) is 85.8 Å². The molecule has 1 aliphatic rings. The maximum absolute atomic E-state index is 14.4. The molecular weight excluding hydrogens is 440 g/mol. The molecule has 0 saturated heterocycles. The summed E-state index contributed by atoms with van der Waals surface area (Å²) >= 11 is 0. The third kappa shape index (κ3) is 5.42. The van der Waals surface area contributed by atoms with Gasteiger partial charge < -0.3 is 15.6 Å². The van der Waals surface area contributed by atoms with Crippen LogP contribution in [-0.2, 0) is 17.8 Å². The van der Waals surface area contributed by atoms with E-state index in [1.54, 1.807) is 24.3 Å². The summed E-state index contributed by atoms with van der Waals surface area (Å²) in [4.78, 5) is 12.6. The molecule has 1 aromatic heterocycles. The van der Waals surface area contributed by atoms with Gasteiger partial charge in [0, 0.05) is 18.5 Å². The van der Waals surface area contributed by atoms with Crippen molar-refractivity contribution in [3.63, 3.8) is 0 Å². The van der Waals surface area contributed by atoms with Crippen LogP contribution in [0.1, 0.15) is 42.3 Å². The number of hydrogen-bond donors (Lipinski definition) is 2. The summed E-state index contributed by atoms with van der Waals surface area (Å²) in [7, 11) is 0. The van der Waals surface area contributed by atoms with E-state index < -0.39 is 17.8 Å². The summed E-state index contributed by atoms with van der Waals surface area (Å²) < 4.78 is 16.5. The van der Waals surface area contributed by atoms with E-state index in [0.717, 1.165) is 43.6 Å². The molecule has 0 bridgehead atoms. The van der Waals surface area contributed by atoms with Gasteiger partial charge in [0.2, 0.25) is 5.91 Å². The number of amides is 1. The smallest absolute Gasteiger partial charge is 0.245 e. The third-order valence-electron chi connectivity index (χ3n) is 5.31. The van der Waals surface area contributed by atoms with E-state index in [1.807, 2.05) is 19.1 Å². The number of halogens is 3. The average Bonchev–Trinajstić information content (AvgIpc) is 2.97. The SMILES string of the molecule is Cc1ccc(C(N)C(=O)Nc2cc(-c3nnc4n3CCCCC4)ccc2F)cc1.Cl.Cl. The lowest BCUT2D eigenvalue weighted by Gasteiger charge is -2.14. The largest absolute Gasteiger partial charge is 0.322 e. The first-order chi connectivity index (χ1) is 14.0. The minimum Gasteiger partial charge on any atom is -0.322 e. The highest BCUT2D eigenvalue weighted by Crippen LogP contribution is 2.27. The zero-order valence-electron chi connectivity index (χ0n) is 17.2. The van der Waals surface area contributed by atoms with E-state index in [4.69, 9.17) is 5.73 Å². The Kier molecular flexibility index (Phi) is 8.56. The van der Waals surface area contributed by atoms with E-state index in [2.05, 4.69) is 20.1 Å². The molecule has 2 aromatic carbocycles. The molecule has 1 atom stereocenters. The molecule has 1 amide bonds. The number of carbonyl (C=O) groups is 1. The lowest BCUT2D eigenvalue weighted by atomic mass is 10.1. The molecule has 1 unspecified atom stereocenters. The fraction of sp³-hybridized carbons (Fsp3) is 0.318. The third-order valence-corrected chi connectivity index (χ3v) is 5.31. The minimum absolute atomic E-state index is 0. The molecular formula is C22H26Cl2FN5O. The molecule has 1 aliphatic heterocycles. The van der Waals surface area contributed by atoms with Gasteiger partial charge in [0.05, 0.1) is 5.69 Å². The predicted molar refractivity (Wildman–Crippen MR) is 124 cm³/mol. The van der Waals surface area contributed by atoms with Crippen LogP contribution in [-0.4, -0.2) is 20.7 Å². The summed E-state index contributed by atoms with van der Waals surface area (Å²) in [6, 6.07) is 11.1. The van der Waals surface area contributed by atoms with Gasteiger partial charge in [-0.3, -0.25) is 4.79 Å². The van der Waals surface area contributed by atoms with Gasteiger partial charge in [-0.05, 0) is 43.5 Å². The van der Waals surface area contributed by atoms with Crippen LogP contribution in [0, 0.1) is 12.7 Å². The molecule has 31 heavy (non-hydrogen) atoms. The number of aromatic nitrogens is 3. The molecule has 3 N–H and O–H groups in total. The van der Waals surface area contributed by atoms with Gasteiger partial charge in [-0.15, -0.1) is 35.0 Å². The van der Waals surface area contributed by atoms with E-state index in [-0.39, 0.29) is 30.5 Å². The second-order valence-electron chi connectivity index (χ2n) is 7.47. The van der Waals surface area contributed by atoms with Crippen molar-refractivity contribution in [1.82, 2.24) is 14.8 Å². The van der Waals surface area contributed by atoms with E-state index in [1.165, 1.54) is 6.07 Å². The monoisotopic (exact) mass is 465 g/mol. The van der Waals surface area contributed by atoms with Crippen LogP contribution in [0.25, 0.3) is 11.4 Å². The van der Waals surface area contributed by atoms with Crippen molar-refractivity contribution in [3.05, 3.63) is 65.2 Å². The molecule has 4 rings (SSSR count). The second-order valence-corrected chi connectivity index (χ2v) is 7.47. The fourth-order valence-corrected chi connectivity index (χ4v) is 3.59. The van der Waals surface area contributed by atoms with Crippen LogP contribution in [0.15, 0.2) is 42.5 Å². The minimum atomic E-state index is -0.886. The lowest BCUT2D eigenvalue weighted by Crippen LogP contribution is -2.28. The first-order valence-electron chi connectivity index (χ1n) is 9.88. The van der Waals surface area contributed by atoms with Crippen molar-refractivity contribution < 1.29 is 9.18 Å². The molecule has 9 heteroatoms.